The molecule has 1 saturated heterocycles. The largest absolute Gasteiger partial charge is 0.494 e. The summed E-state index contributed by atoms with van der Waals surface area (Å²) in [4.78, 5) is 28.2. The smallest absolute Gasteiger partial charge is 0.254 e. The first kappa shape index (κ1) is 18.3. The van der Waals surface area contributed by atoms with Crippen molar-refractivity contribution in [3.05, 3.63) is 29.8 Å². The van der Waals surface area contributed by atoms with Crippen molar-refractivity contribution in [3.63, 3.8) is 0 Å². The minimum Gasteiger partial charge on any atom is -0.494 e. The molecule has 0 unspecified atom stereocenters. The predicted octanol–water partition coefficient (Wildman–Crippen LogP) is 1.37. The number of hydrogen-bond donors (Lipinski definition) is 1. The van der Waals surface area contributed by atoms with Gasteiger partial charge in [-0.2, -0.15) is 0 Å². The van der Waals surface area contributed by atoms with E-state index in [9.17, 15) is 9.59 Å². The summed E-state index contributed by atoms with van der Waals surface area (Å²) >= 11 is 0. The van der Waals surface area contributed by atoms with Crippen molar-refractivity contribution < 1.29 is 14.3 Å². The molecule has 6 heteroatoms. The van der Waals surface area contributed by atoms with Gasteiger partial charge < -0.3 is 15.0 Å². The lowest BCUT2D eigenvalue weighted by atomic mass is 10.2. The molecule has 0 atom stereocenters. The van der Waals surface area contributed by atoms with Gasteiger partial charge in [0.05, 0.1) is 13.2 Å². The number of carbonyl (C=O) groups is 2. The molecule has 1 heterocycles. The van der Waals surface area contributed by atoms with Crippen LogP contribution in [0, 0.1) is 0 Å². The van der Waals surface area contributed by atoms with Gasteiger partial charge in [0.15, 0.2) is 0 Å². The quantitative estimate of drug-likeness (QED) is 0.854. The molecule has 2 amide bonds. The third kappa shape index (κ3) is 5.23. The summed E-state index contributed by atoms with van der Waals surface area (Å²) in [6, 6.07) is 7.37. The van der Waals surface area contributed by atoms with Crippen LogP contribution in [0.25, 0.3) is 0 Å². The molecule has 1 aromatic carbocycles. The molecular formula is C18H27N3O3. The van der Waals surface area contributed by atoms with Crippen molar-refractivity contribution in [3.8, 4) is 5.75 Å². The molecule has 0 aromatic heterocycles. The van der Waals surface area contributed by atoms with Gasteiger partial charge in [-0.25, -0.2) is 0 Å². The van der Waals surface area contributed by atoms with E-state index in [1.807, 2.05) is 29.2 Å². The van der Waals surface area contributed by atoms with E-state index in [-0.39, 0.29) is 11.8 Å². The van der Waals surface area contributed by atoms with E-state index >= 15 is 0 Å². The first-order chi connectivity index (χ1) is 11.6. The van der Waals surface area contributed by atoms with Gasteiger partial charge in [-0.15, -0.1) is 0 Å². The number of ether oxygens (including phenoxy) is 1. The first-order valence-electron chi connectivity index (χ1n) is 8.59. The van der Waals surface area contributed by atoms with Crippen molar-refractivity contribution in [2.75, 3.05) is 46.4 Å². The van der Waals surface area contributed by atoms with Gasteiger partial charge in [0.25, 0.3) is 5.91 Å². The molecule has 0 spiro atoms. The van der Waals surface area contributed by atoms with Crippen LogP contribution < -0.4 is 10.1 Å². The third-order valence-electron chi connectivity index (χ3n) is 4.08. The lowest BCUT2D eigenvalue weighted by Crippen LogP contribution is -2.39. The highest BCUT2D eigenvalue weighted by Gasteiger charge is 2.21. The van der Waals surface area contributed by atoms with Gasteiger partial charge in [0, 0.05) is 38.8 Å². The molecule has 0 radical (unpaired) electrons. The molecule has 1 fully saturated rings. The maximum atomic E-state index is 12.7. The molecule has 132 valence electrons. The molecule has 0 bridgehead atoms. The number of carbonyl (C=O) groups excluding carboxylic acids is 2. The molecule has 0 aliphatic carbocycles. The van der Waals surface area contributed by atoms with Crippen LogP contribution >= 0.6 is 0 Å². The second-order valence-electron chi connectivity index (χ2n) is 5.97. The Labute approximate surface area is 143 Å². The topological polar surface area (TPSA) is 61.9 Å². The zero-order valence-electron chi connectivity index (χ0n) is 14.6. The van der Waals surface area contributed by atoms with Crippen molar-refractivity contribution in [1.82, 2.24) is 15.1 Å². The van der Waals surface area contributed by atoms with Gasteiger partial charge in [-0.05, 0) is 31.0 Å². The van der Waals surface area contributed by atoms with E-state index < -0.39 is 0 Å². The monoisotopic (exact) mass is 333 g/mol. The highest BCUT2D eigenvalue weighted by atomic mass is 16.5. The zero-order chi connectivity index (χ0) is 17.4. The SMILES string of the molecule is CCCOc1cccc(C(=O)N2CCCN(CC(=O)NC)CC2)c1. The molecule has 1 N–H and O–H groups in total. The molecule has 1 aromatic rings. The van der Waals surface area contributed by atoms with E-state index in [0.717, 1.165) is 25.1 Å². The minimum absolute atomic E-state index is 0.00977. The summed E-state index contributed by atoms with van der Waals surface area (Å²) in [5.74, 6) is 0.771. The van der Waals surface area contributed by atoms with Gasteiger partial charge in [0.2, 0.25) is 5.91 Å². The van der Waals surface area contributed by atoms with Crippen LogP contribution in [0.2, 0.25) is 0 Å². The maximum Gasteiger partial charge on any atom is 0.254 e. The summed E-state index contributed by atoms with van der Waals surface area (Å²) in [7, 11) is 1.64. The van der Waals surface area contributed by atoms with Crippen molar-refractivity contribution >= 4 is 11.8 Å². The summed E-state index contributed by atoms with van der Waals surface area (Å²) in [6.45, 7) is 5.98. The number of amides is 2. The van der Waals surface area contributed by atoms with Crippen LogP contribution in [0.4, 0.5) is 0 Å². The summed E-state index contributed by atoms with van der Waals surface area (Å²) in [6.07, 6.45) is 1.81. The van der Waals surface area contributed by atoms with Crippen LogP contribution in [0.3, 0.4) is 0 Å². The molecule has 1 aliphatic heterocycles. The van der Waals surface area contributed by atoms with Crippen LogP contribution in [-0.4, -0.2) is 68.0 Å². The minimum atomic E-state index is 0.00977. The van der Waals surface area contributed by atoms with E-state index in [1.165, 1.54) is 0 Å². The van der Waals surface area contributed by atoms with Gasteiger partial charge >= 0.3 is 0 Å². The van der Waals surface area contributed by atoms with Gasteiger partial charge in [-0.1, -0.05) is 13.0 Å². The fourth-order valence-corrected chi connectivity index (χ4v) is 2.74. The Balaban J connectivity index is 1.96. The second kappa shape index (κ2) is 9.27. The van der Waals surface area contributed by atoms with E-state index in [2.05, 4.69) is 17.1 Å². The average molecular weight is 333 g/mol. The molecule has 0 saturated carbocycles. The van der Waals surface area contributed by atoms with E-state index in [0.29, 0.717) is 38.3 Å². The lowest BCUT2D eigenvalue weighted by Gasteiger charge is -2.22. The Kier molecular flexibility index (Phi) is 7.06. The number of hydrogen-bond acceptors (Lipinski definition) is 4. The Morgan fingerprint density at radius 1 is 1.21 bits per heavy atom. The zero-order valence-corrected chi connectivity index (χ0v) is 14.6. The van der Waals surface area contributed by atoms with Crippen LogP contribution in [0.5, 0.6) is 5.75 Å². The number of nitrogens with zero attached hydrogens (tertiary/aromatic N) is 2. The summed E-state index contributed by atoms with van der Waals surface area (Å²) < 4.78 is 5.61. The molecule has 1 aliphatic rings. The molecule has 2 rings (SSSR count). The molecular weight excluding hydrogens is 306 g/mol. The Hall–Kier alpha value is -2.08. The van der Waals surface area contributed by atoms with Crippen LogP contribution in [0.1, 0.15) is 30.1 Å². The molecule has 6 nitrogen and oxygen atoms in total. The molecule has 24 heavy (non-hydrogen) atoms. The standard InChI is InChI=1S/C18H27N3O3/c1-3-12-24-16-7-4-6-15(13-16)18(23)21-9-5-8-20(10-11-21)14-17(22)19-2/h4,6-7,13H,3,5,8-12,14H2,1-2H3,(H,19,22). The summed E-state index contributed by atoms with van der Waals surface area (Å²) in [5.41, 5.74) is 0.656. The summed E-state index contributed by atoms with van der Waals surface area (Å²) in [5, 5.41) is 2.64. The van der Waals surface area contributed by atoms with Crippen LogP contribution in [-0.2, 0) is 4.79 Å². The fraction of sp³-hybridized carbons (Fsp3) is 0.556. The number of likely N-dealkylation sites (N-methyl/N-ethyl adjacent to an activating group) is 1. The number of rotatable bonds is 6. The fourth-order valence-electron chi connectivity index (χ4n) is 2.74. The number of nitrogens with one attached hydrogen (secondary N) is 1. The Bertz CT molecular complexity index is 562. The van der Waals surface area contributed by atoms with Gasteiger partial charge in [0.1, 0.15) is 5.75 Å². The maximum absolute atomic E-state index is 12.7. The van der Waals surface area contributed by atoms with E-state index in [4.69, 9.17) is 4.74 Å². The first-order valence-corrected chi connectivity index (χ1v) is 8.59. The average Bonchev–Trinajstić information content (AvgIpc) is 2.85. The highest BCUT2D eigenvalue weighted by molar-refractivity contribution is 5.94. The Morgan fingerprint density at radius 2 is 2.04 bits per heavy atom. The van der Waals surface area contributed by atoms with Crippen molar-refractivity contribution in [1.29, 1.82) is 0 Å². The Morgan fingerprint density at radius 3 is 2.79 bits per heavy atom. The van der Waals surface area contributed by atoms with Crippen molar-refractivity contribution in [2.45, 2.75) is 19.8 Å². The van der Waals surface area contributed by atoms with E-state index in [1.54, 1.807) is 7.05 Å². The van der Waals surface area contributed by atoms with Gasteiger partial charge in [-0.3, -0.25) is 14.5 Å². The highest BCUT2D eigenvalue weighted by Crippen LogP contribution is 2.16. The number of benzene rings is 1. The third-order valence-corrected chi connectivity index (χ3v) is 4.08. The predicted molar refractivity (Wildman–Crippen MR) is 93.3 cm³/mol. The van der Waals surface area contributed by atoms with Crippen LogP contribution in [0.15, 0.2) is 24.3 Å². The second-order valence-corrected chi connectivity index (χ2v) is 5.97. The normalized spacial score (nSPS) is 15.7. The lowest BCUT2D eigenvalue weighted by molar-refractivity contribution is -0.121. The van der Waals surface area contributed by atoms with Crippen molar-refractivity contribution in [2.24, 2.45) is 0 Å².